The smallest absolute Gasteiger partial charge is 0.342 e. The summed E-state index contributed by atoms with van der Waals surface area (Å²) in [6.07, 6.45) is 0.656. The van der Waals surface area contributed by atoms with Crippen LogP contribution in [0.2, 0.25) is 0 Å². The van der Waals surface area contributed by atoms with Gasteiger partial charge in [-0.1, -0.05) is 42.5 Å². The molecule has 1 aliphatic heterocycles. The van der Waals surface area contributed by atoms with Crippen LogP contribution in [0.1, 0.15) is 22.3 Å². The highest BCUT2D eigenvalue weighted by molar-refractivity contribution is 6.02. The van der Waals surface area contributed by atoms with Crippen molar-refractivity contribution in [3.63, 3.8) is 0 Å². The van der Waals surface area contributed by atoms with Crippen LogP contribution in [0.3, 0.4) is 0 Å². The molecular formula is C18H16N2O4. The molecule has 122 valence electrons. The second kappa shape index (κ2) is 6.95. The third kappa shape index (κ3) is 3.43. The SMILES string of the molecule is O=C(OCC(=O)N1CCC(c2ccccc2)=N1)c1ccccc1O. The lowest BCUT2D eigenvalue weighted by atomic mass is 10.1. The number of phenols is 1. The number of amides is 1. The van der Waals surface area contributed by atoms with Crippen LogP contribution in [0.4, 0.5) is 0 Å². The molecule has 1 N–H and O–H groups in total. The lowest BCUT2D eigenvalue weighted by Gasteiger charge is -2.11. The second-order valence-electron chi connectivity index (χ2n) is 5.27. The van der Waals surface area contributed by atoms with Crippen LogP contribution in [0.25, 0.3) is 0 Å². The average molecular weight is 324 g/mol. The van der Waals surface area contributed by atoms with E-state index in [2.05, 4.69) is 5.10 Å². The van der Waals surface area contributed by atoms with Crippen LogP contribution < -0.4 is 0 Å². The largest absolute Gasteiger partial charge is 0.507 e. The molecule has 3 rings (SSSR count). The summed E-state index contributed by atoms with van der Waals surface area (Å²) in [6.45, 7) is 0.0376. The highest BCUT2D eigenvalue weighted by Crippen LogP contribution is 2.17. The van der Waals surface area contributed by atoms with Gasteiger partial charge in [0.05, 0.1) is 12.3 Å². The maximum atomic E-state index is 12.1. The first-order valence-electron chi connectivity index (χ1n) is 7.53. The Hall–Kier alpha value is -3.15. The maximum absolute atomic E-state index is 12.1. The van der Waals surface area contributed by atoms with Gasteiger partial charge in [0.2, 0.25) is 0 Å². The zero-order chi connectivity index (χ0) is 16.9. The molecule has 2 aromatic carbocycles. The molecule has 24 heavy (non-hydrogen) atoms. The van der Waals surface area contributed by atoms with Gasteiger partial charge in [0, 0.05) is 6.42 Å². The van der Waals surface area contributed by atoms with E-state index in [9.17, 15) is 14.7 Å². The number of rotatable bonds is 4. The molecule has 0 saturated carbocycles. The first-order chi connectivity index (χ1) is 11.6. The number of esters is 1. The third-order valence-corrected chi connectivity index (χ3v) is 3.65. The van der Waals surface area contributed by atoms with Gasteiger partial charge in [0.1, 0.15) is 11.3 Å². The quantitative estimate of drug-likeness (QED) is 0.874. The molecule has 1 aliphatic rings. The second-order valence-corrected chi connectivity index (χ2v) is 5.27. The van der Waals surface area contributed by atoms with Crippen molar-refractivity contribution in [2.75, 3.05) is 13.2 Å². The Morgan fingerprint density at radius 3 is 2.54 bits per heavy atom. The minimum absolute atomic E-state index is 0.0280. The van der Waals surface area contributed by atoms with Gasteiger partial charge in [0.15, 0.2) is 6.61 Å². The van der Waals surface area contributed by atoms with Gasteiger partial charge in [-0.25, -0.2) is 9.80 Å². The van der Waals surface area contributed by atoms with E-state index < -0.39 is 18.5 Å². The molecule has 0 aromatic heterocycles. The fourth-order valence-electron chi connectivity index (χ4n) is 2.40. The molecule has 0 saturated heterocycles. The molecule has 0 bridgehead atoms. The molecule has 1 amide bonds. The standard InChI is InChI=1S/C18H16N2O4/c21-16-9-5-4-8-14(16)18(23)24-12-17(22)20-11-10-15(19-20)13-6-2-1-3-7-13/h1-9,21H,10-12H2. The van der Waals surface area contributed by atoms with Crippen LogP contribution in [-0.4, -0.2) is 40.9 Å². The number of carbonyl (C=O) groups is 2. The maximum Gasteiger partial charge on any atom is 0.342 e. The lowest BCUT2D eigenvalue weighted by Crippen LogP contribution is -2.28. The minimum Gasteiger partial charge on any atom is -0.507 e. The van der Waals surface area contributed by atoms with Gasteiger partial charge in [-0.05, 0) is 17.7 Å². The fraction of sp³-hybridized carbons (Fsp3) is 0.167. The molecule has 6 heteroatoms. The predicted octanol–water partition coefficient (Wildman–Crippen LogP) is 2.19. The molecule has 0 aliphatic carbocycles. The van der Waals surface area contributed by atoms with E-state index >= 15 is 0 Å². The summed E-state index contributed by atoms with van der Waals surface area (Å²) >= 11 is 0. The van der Waals surface area contributed by atoms with E-state index in [1.807, 2.05) is 30.3 Å². The number of hydrogen-bond donors (Lipinski definition) is 1. The average Bonchev–Trinajstić information content (AvgIpc) is 3.11. The zero-order valence-electron chi connectivity index (χ0n) is 12.9. The summed E-state index contributed by atoms with van der Waals surface area (Å²) in [5.74, 6) is -1.32. The van der Waals surface area contributed by atoms with Gasteiger partial charge < -0.3 is 9.84 Å². The molecule has 0 fully saturated rings. The molecule has 0 radical (unpaired) electrons. The summed E-state index contributed by atoms with van der Waals surface area (Å²) in [5.41, 5.74) is 1.83. The number of hydrogen-bond acceptors (Lipinski definition) is 5. The molecular weight excluding hydrogens is 308 g/mol. The third-order valence-electron chi connectivity index (χ3n) is 3.65. The summed E-state index contributed by atoms with van der Waals surface area (Å²) in [4.78, 5) is 24.0. The number of ether oxygens (including phenoxy) is 1. The van der Waals surface area contributed by atoms with Gasteiger partial charge >= 0.3 is 5.97 Å². The molecule has 2 aromatic rings. The van der Waals surface area contributed by atoms with Crippen LogP contribution in [-0.2, 0) is 9.53 Å². The van der Waals surface area contributed by atoms with Crippen molar-refractivity contribution in [3.05, 3.63) is 65.7 Å². The summed E-state index contributed by atoms with van der Waals surface area (Å²) in [5, 5.41) is 15.2. The first kappa shape index (κ1) is 15.7. The number of aromatic hydroxyl groups is 1. The molecule has 6 nitrogen and oxygen atoms in total. The highest BCUT2D eigenvalue weighted by atomic mass is 16.5. The van der Waals surface area contributed by atoms with Gasteiger partial charge in [-0.2, -0.15) is 5.10 Å². The number of para-hydroxylation sites is 1. The summed E-state index contributed by atoms with van der Waals surface area (Å²) in [6, 6.07) is 15.6. The van der Waals surface area contributed by atoms with Gasteiger partial charge in [-0.15, -0.1) is 0 Å². The Balaban J connectivity index is 1.59. The van der Waals surface area contributed by atoms with E-state index in [-0.39, 0.29) is 11.3 Å². The summed E-state index contributed by atoms with van der Waals surface area (Å²) in [7, 11) is 0. The van der Waals surface area contributed by atoms with Gasteiger partial charge in [0.25, 0.3) is 5.91 Å². The van der Waals surface area contributed by atoms with Crippen LogP contribution >= 0.6 is 0 Å². The topological polar surface area (TPSA) is 79.2 Å². The number of carbonyl (C=O) groups excluding carboxylic acids is 2. The molecule has 0 spiro atoms. The van der Waals surface area contributed by atoms with Crippen molar-refractivity contribution < 1.29 is 19.4 Å². The Labute approximate surface area is 139 Å². The number of nitrogens with zero attached hydrogens (tertiary/aromatic N) is 2. The van der Waals surface area contributed by atoms with Crippen molar-refractivity contribution in [1.29, 1.82) is 0 Å². The monoisotopic (exact) mass is 324 g/mol. The van der Waals surface area contributed by atoms with Crippen molar-refractivity contribution in [1.82, 2.24) is 5.01 Å². The molecule has 1 heterocycles. The van der Waals surface area contributed by atoms with Gasteiger partial charge in [-0.3, -0.25) is 4.79 Å². The number of phenolic OH excluding ortho intramolecular Hbond substituents is 1. The van der Waals surface area contributed by atoms with Crippen LogP contribution in [0.15, 0.2) is 59.7 Å². The summed E-state index contributed by atoms with van der Waals surface area (Å²) < 4.78 is 4.96. The van der Waals surface area contributed by atoms with Crippen LogP contribution in [0.5, 0.6) is 5.75 Å². The van der Waals surface area contributed by atoms with Crippen molar-refractivity contribution in [2.24, 2.45) is 5.10 Å². The van der Waals surface area contributed by atoms with Crippen molar-refractivity contribution in [2.45, 2.75) is 6.42 Å². The highest BCUT2D eigenvalue weighted by Gasteiger charge is 2.23. The Morgan fingerprint density at radius 1 is 1.08 bits per heavy atom. The Bertz CT molecular complexity index is 787. The Kier molecular flexibility index (Phi) is 4.56. The molecule has 0 unspecified atom stereocenters. The zero-order valence-corrected chi connectivity index (χ0v) is 12.9. The van der Waals surface area contributed by atoms with E-state index in [1.165, 1.54) is 17.1 Å². The number of hydrazone groups is 1. The Morgan fingerprint density at radius 2 is 1.79 bits per heavy atom. The van der Waals surface area contributed by atoms with E-state index in [1.54, 1.807) is 12.1 Å². The van der Waals surface area contributed by atoms with E-state index in [0.717, 1.165) is 11.3 Å². The van der Waals surface area contributed by atoms with Crippen LogP contribution in [0, 0.1) is 0 Å². The number of benzene rings is 2. The minimum atomic E-state index is -0.743. The predicted molar refractivity (Wildman–Crippen MR) is 87.7 cm³/mol. The lowest BCUT2D eigenvalue weighted by molar-refractivity contribution is -0.134. The fourth-order valence-corrected chi connectivity index (χ4v) is 2.40. The normalized spacial score (nSPS) is 13.5. The van der Waals surface area contributed by atoms with E-state index in [4.69, 9.17) is 4.74 Å². The van der Waals surface area contributed by atoms with E-state index in [0.29, 0.717) is 13.0 Å². The van der Waals surface area contributed by atoms with Crippen molar-refractivity contribution in [3.8, 4) is 5.75 Å². The first-order valence-corrected chi connectivity index (χ1v) is 7.53. The van der Waals surface area contributed by atoms with Crippen molar-refractivity contribution >= 4 is 17.6 Å². The molecule has 0 atom stereocenters.